The van der Waals surface area contributed by atoms with Gasteiger partial charge in [-0.2, -0.15) is 11.8 Å². The highest BCUT2D eigenvalue weighted by Crippen LogP contribution is 2.17. The second-order valence-corrected chi connectivity index (χ2v) is 6.95. The largest absolute Gasteiger partial charge is 0.467 e. The fourth-order valence-corrected chi connectivity index (χ4v) is 3.78. The van der Waals surface area contributed by atoms with Gasteiger partial charge in [0.25, 0.3) is 5.91 Å². The molecule has 0 bridgehead atoms. The van der Waals surface area contributed by atoms with Crippen molar-refractivity contribution in [3.05, 3.63) is 59.5 Å². The van der Waals surface area contributed by atoms with Gasteiger partial charge in [0.15, 0.2) is 0 Å². The number of carbonyl (C=O) groups is 1. The van der Waals surface area contributed by atoms with Crippen molar-refractivity contribution < 1.29 is 9.21 Å². The first-order valence-electron chi connectivity index (χ1n) is 8.02. The number of amides is 1. The molecule has 1 aliphatic heterocycles. The van der Waals surface area contributed by atoms with Gasteiger partial charge in [0.2, 0.25) is 0 Å². The Balaban J connectivity index is 1.52. The molecule has 0 aliphatic carbocycles. The summed E-state index contributed by atoms with van der Waals surface area (Å²) >= 11 is 2.03. The van der Waals surface area contributed by atoms with Gasteiger partial charge in [0, 0.05) is 18.2 Å². The Kier molecular flexibility index (Phi) is 5.77. The van der Waals surface area contributed by atoms with Gasteiger partial charge in [-0.3, -0.25) is 4.79 Å². The van der Waals surface area contributed by atoms with Crippen LogP contribution >= 0.6 is 11.8 Å². The van der Waals surface area contributed by atoms with Crippen LogP contribution in [0.2, 0.25) is 0 Å². The average Bonchev–Trinajstić information content (AvgIpc) is 3.12. The van der Waals surface area contributed by atoms with Gasteiger partial charge >= 0.3 is 0 Å². The zero-order valence-corrected chi connectivity index (χ0v) is 13.9. The summed E-state index contributed by atoms with van der Waals surface area (Å²) in [4.78, 5) is 12.2. The first kappa shape index (κ1) is 16.1. The quantitative estimate of drug-likeness (QED) is 0.854. The number of hydrogen-bond acceptors (Lipinski definition) is 4. The van der Waals surface area contributed by atoms with E-state index in [1.165, 1.54) is 24.3 Å². The molecule has 2 N–H and O–H groups in total. The van der Waals surface area contributed by atoms with Crippen LogP contribution < -0.4 is 10.6 Å². The number of benzene rings is 1. The fourth-order valence-electron chi connectivity index (χ4n) is 2.67. The molecule has 23 heavy (non-hydrogen) atoms. The van der Waals surface area contributed by atoms with E-state index in [-0.39, 0.29) is 5.91 Å². The number of carbonyl (C=O) groups excluding carboxylic acids is 1. The maximum absolute atomic E-state index is 12.2. The van der Waals surface area contributed by atoms with Crippen molar-refractivity contribution >= 4 is 17.7 Å². The second kappa shape index (κ2) is 8.22. The summed E-state index contributed by atoms with van der Waals surface area (Å²) in [5.41, 5.74) is 1.84. The lowest BCUT2D eigenvalue weighted by atomic mass is 10.1. The van der Waals surface area contributed by atoms with Crippen LogP contribution in [0.25, 0.3) is 0 Å². The third-order valence-corrected chi connectivity index (χ3v) is 5.06. The van der Waals surface area contributed by atoms with Gasteiger partial charge in [0.05, 0.1) is 12.8 Å². The monoisotopic (exact) mass is 330 g/mol. The standard InChI is InChI=1S/C18H22N2O2S/c21-18(20-13-17-5-2-8-22-17)15-4-1-3-14(11-15)12-19-16-6-9-23-10-7-16/h1-5,8,11,16,19H,6-7,9-10,12-13H2,(H,20,21). The molecular formula is C18H22N2O2S. The van der Waals surface area contributed by atoms with E-state index in [0.29, 0.717) is 18.2 Å². The molecule has 0 radical (unpaired) electrons. The molecule has 0 atom stereocenters. The maximum atomic E-state index is 12.2. The topological polar surface area (TPSA) is 54.3 Å². The SMILES string of the molecule is O=C(NCc1ccco1)c1cccc(CNC2CCSCC2)c1. The fraction of sp³-hybridized carbons (Fsp3) is 0.389. The molecule has 1 fully saturated rings. The Morgan fingerprint density at radius 2 is 2.04 bits per heavy atom. The lowest BCUT2D eigenvalue weighted by molar-refractivity contribution is 0.0948. The molecule has 1 aromatic carbocycles. The first-order chi connectivity index (χ1) is 11.3. The minimum Gasteiger partial charge on any atom is -0.467 e. The summed E-state index contributed by atoms with van der Waals surface area (Å²) in [6.45, 7) is 1.22. The average molecular weight is 330 g/mol. The minimum absolute atomic E-state index is 0.0719. The van der Waals surface area contributed by atoms with Crippen molar-refractivity contribution in [3.8, 4) is 0 Å². The normalized spacial score (nSPS) is 15.5. The van der Waals surface area contributed by atoms with Crippen LogP contribution in [-0.2, 0) is 13.1 Å². The molecule has 2 heterocycles. The van der Waals surface area contributed by atoms with E-state index in [2.05, 4.69) is 16.7 Å². The predicted octanol–water partition coefficient (Wildman–Crippen LogP) is 3.19. The number of thioether (sulfide) groups is 1. The van der Waals surface area contributed by atoms with E-state index in [4.69, 9.17) is 4.42 Å². The van der Waals surface area contributed by atoms with Crippen LogP contribution in [-0.4, -0.2) is 23.5 Å². The van der Waals surface area contributed by atoms with E-state index >= 15 is 0 Å². The molecule has 3 rings (SSSR count). The van der Waals surface area contributed by atoms with Crippen molar-refractivity contribution in [1.82, 2.24) is 10.6 Å². The van der Waals surface area contributed by atoms with Gasteiger partial charge in [-0.1, -0.05) is 12.1 Å². The van der Waals surface area contributed by atoms with E-state index in [1.807, 2.05) is 42.1 Å². The van der Waals surface area contributed by atoms with Crippen molar-refractivity contribution in [2.75, 3.05) is 11.5 Å². The third-order valence-electron chi connectivity index (χ3n) is 4.01. The number of nitrogens with one attached hydrogen (secondary N) is 2. The summed E-state index contributed by atoms with van der Waals surface area (Å²) < 4.78 is 5.22. The predicted molar refractivity (Wildman–Crippen MR) is 93.5 cm³/mol. The Hall–Kier alpha value is -1.72. The van der Waals surface area contributed by atoms with Gasteiger partial charge in [-0.15, -0.1) is 0 Å². The Morgan fingerprint density at radius 1 is 1.17 bits per heavy atom. The number of hydrogen-bond donors (Lipinski definition) is 2. The summed E-state index contributed by atoms with van der Waals surface area (Å²) in [5.74, 6) is 3.17. The van der Waals surface area contributed by atoms with Crippen LogP contribution in [0.4, 0.5) is 0 Å². The second-order valence-electron chi connectivity index (χ2n) is 5.73. The molecule has 1 amide bonds. The van der Waals surface area contributed by atoms with Crippen LogP contribution in [0, 0.1) is 0 Å². The van der Waals surface area contributed by atoms with E-state index in [0.717, 1.165) is 17.9 Å². The third kappa shape index (κ3) is 4.88. The molecule has 122 valence electrons. The highest BCUT2D eigenvalue weighted by Gasteiger charge is 2.13. The smallest absolute Gasteiger partial charge is 0.251 e. The van der Waals surface area contributed by atoms with Gasteiger partial charge in [-0.05, 0) is 54.2 Å². The van der Waals surface area contributed by atoms with Gasteiger partial charge in [-0.25, -0.2) is 0 Å². The number of rotatable bonds is 6. The first-order valence-corrected chi connectivity index (χ1v) is 9.17. The highest BCUT2D eigenvalue weighted by molar-refractivity contribution is 7.99. The van der Waals surface area contributed by atoms with Crippen LogP contribution in [0.15, 0.2) is 47.1 Å². The maximum Gasteiger partial charge on any atom is 0.251 e. The molecule has 1 saturated heterocycles. The van der Waals surface area contributed by atoms with E-state index in [9.17, 15) is 4.79 Å². The van der Waals surface area contributed by atoms with Gasteiger partial charge < -0.3 is 15.1 Å². The lowest BCUT2D eigenvalue weighted by Crippen LogP contribution is -2.32. The Bertz CT molecular complexity index is 622. The van der Waals surface area contributed by atoms with Crippen molar-refractivity contribution in [2.45, 2.75) is 32.0 Å². The summed E-state index contributed by atoms with van der Waals surface area (Å²) in [6, 6.07) is 12.1. The highest BCUT2D eigenvalue weighted by atomic mass is 32.2. The van der Waals surface area contributed by atoms with Crippen molar-refractivity contribution in [2.24, 2.45) is 0 Å². The van der Waals surface area contributed by atoms with E-state index < -0.39 is 0 Å². The molecule has 2 aromatic rings. The van der Waals surface area contributed by atoms with Gasteiger partial charge in [0.1, 0.15) is 5.76 Å². The Morgan fingerprint density at radius 3 is 2.83 bits per heavy atom. The molecular weight excluding hydrogens is 308 g/mol. The molecule has 0 saturated carbocycles. The minimum atomic E-state index is -0.0719. The summed E-state index contributed by atoms with van der Waals surface area (Å²) in [6.07, 6.45) is 4.07. The molecule has 0 spiro atoms. The molecule has 5 heteroatoms. The number of furan rings is 1. The Labute approximate surface area is 141 Å². The molecule has 4 nitrogen and oxygen atoms in total. The van der Waals surface area contributed by atoms with Crippen LogP contribution in [0.1, 0.15) is 34.5 Å². The van der Waals surface area contributed by atoms with Crippen molar-refractivity contribution in [3.63, 3.8) is 0 Å². The summed E-state index contributed by atoms with van der Waals surface area (Å²) in [5, 5.41) is 6.48. The molecule has 1 aliphatic rings. The zero-order chi connectivity index (χ0) is 15.9. The van der Waals surface area contributed by atoms with Crippen LogP contribution in [0.5, 0.6) is 0 Å². The zero-order valence-electron chi connectivity index (χ0n) is 13.1. The van der Waals surface area contributed by atoms with Crippen LogP contribution in [0.3, 0.4) is 0 Å². The van der Waals surface area contributed by atoms with E-state index in [1.54, 1.807) is 6.26 Å². The molecule has 0 unspecified atom stereocenters. The lowest BCUT2D eigenvalue weighted by Gasteiger charge is -2.22. The molecule has 1 aromatic heterocycles. The van der Waals surface area contributed by atoms with Crippen molar-refractivity contribution in [1.29, 1.82) is 0 Å². The summed E-state index contributed by atoms with van der Waals surface area (Å²) in [7, 11) is 0.